The van der Waals surface area contributed by atoms with Gasteiger partial charge < -0.3 is 4.90 Å². The predicted molar refractivity (Wildman–Crippen MR) is 143 cm³/mol. The molecule has 182 valence electrons. The molecule has 1 N–H and O–H groups in total. The summed E-state index contributed by atoms with van der Waals surface area (Å²) in [5, 5.41) is 3.96. The van der Waals surface area contributed by atoms with Crippen LogP contribution < -0.4 is 16.1 Å². The van der Waals surface area contributed by atoms with Gasteiger partial charge in [-0.05, 0) is 56.5 Å². The summed E-state index contributed by atoms with van der Waals surface area (Å²) in [6.07, 6.45) is 5.00. The van der Waals surface area contributed by atoms with E-state index in [4.69, 9.17) is 28.2 Å². The van der Waals surface area contributed by atoms with Crippen LogP contribution in [-0.4, -0.2) is 38.2 Å². The van der Waals surface area contributed by atoms with Gasteiger partial charge in [-0.15, -0.1) is 0 Å². The molecule has 5 rings (SSSR count). The largest absolute Gasteiger partial charge is 0.370 e. The summed E-state index contributed by atoms with van der Waals surface area (Å²) in [6, 6.07) is 8.92. The van der Waals surface area contributed by atoms with E-state index in [1.165, 1.54) is 11.1 Å². The van der Waals surface area contributed by atoms with Gasteiger partial charge in [0.05, 0.1) is 38.7 Å². The van der Waals surface area contributed by atoms with Crippen molar-refractivity contribution in [3.8, 4) is 5.69 Å². The highest BCUT2D eigenvalue weighted by molar-refractivity contribution is 6.34. The summed E-state index contributed by atoms with van der Waals surface area (Å²) in [7, 11) is 3.53. The number of rotatable bonds is 4. The summed E-state index contributed by atoms with van der Waals surface area (Å²) in [6.45, 7) is 3.67. The molecule has 2 aromatic heterocycles. The minimum absolute atomic E-state index is 0.0894. The van der Waals surface area contributed by atoms with Gasteiger partial charge in [-0.2, -0.15) is 0 Å². The normalized spacial score (nSPS) is 14.5. The van der Waals surface area contributed by atoms with Crippen LogP contribution in [0.2, 0.25) is 10.0 Å². The maximum absolute atomic E-state index is 13.3. The number of fused-ring (bicyclic) bond motifs is 1. The zero-order valence-corrected chi connectivity index (χ0v) is 21.3. The summed E-state index contributed by atoms with van der Waals surface area (Å²) < 4.78 is 4.64. The van der Waals surface area contributed by atoms with E-state index in [0.717, 1.165) is 42.7 Å². The highest BCUT2D eigenvalue weighted by atomic mass is 35.5. The second-order valence-electron chi connectivity index (χ2n) is 8.92. The molecule has 0 radical (unpaired) electrons. The van der Waals surface area contributed by atoms with Gasteiger partial charge in [-0.3, -0.25) is 24.0 Å². The molecule has 8 nitrogen and oxygen atoms in total. The van der Waals surface area contributed by atoms with Crippen LogP contribution in [0.25, 0.3) is 16.7 Å². The maximum atomic E-state index is 13.3. The molecular weight excluding hydrogens is 487 g/mol. The molecule has 3 heterocycles. The number of piperidine rings is 1. The number of nitrogens with one attached hydrogen (secondary N) is 1. The summed E-state index contributed by atoms with van der Waals surface area (Å²) in [5.41, 5.74) is 4.51. The van der Waals surface area contributed by atoms with Crippen LogP contribution in [0, 0.1) is 6.92 Å². The predicted octanol–water partition coefficient (Wildman–Crippen LogP) is 4.71. The first kappa shape index (κ1) is 23.5. The van der Waals surface area contributed by atoms with Crippen molar-refractivity contribution in [1.29, 1.82) is 0 Å². The van der Waals surface area contributed by atoms with E-state index in [2.05, 4.69) is 10.00 Å². The Kier molecular flexibility index (Phi) is 6.11. The zero-order chi connectivity index (χ0) is 24.9. The minimum Gasteiger partial charge on any atom is -0.370 e. The molecule has 0 amide bonds. The van der Waals surface area contributed by atoms with Gasteiger partial charge in [-0.25, -0.2) is 9.48 Å². The molecule has 0 spiro atoms. The molecule has 0 unspecified atom stereocenters. The van der Waals surface area contributed by atoms with Crippen LogP contribution in [-0.2, 0) is 14.1 Å². The van der Waals surface area contributed by atoms with Crippen molar-refractivity contribution in [1.82, 2.24) is 18.9 Å². The molecule has 10 heteroatoms. The van der Waals surface area contributed by atoms with Crippen LogP contribution >= 0.6 is 23.2 Å². The first-order valence-electron chi connectivity index (χ1n) is 11.5. The van der Waals surface area contributed by atoms with Gasteiger partial charge >= 0.3 is 5.69 Å². The Balaban J connectivity index is 1.63. The number of aryl methyl sites for hydroxylation is 3. The zero-order valence-electron chi connectivity index (χ0n) is 19.8. The Morgan fingerprint density at radius 3 is 2.34 bits per heavy atom. The van der Waals surface area contributed by atoms with Gasteiger partial charge in [0, 0.05) is 44.1 Å². The average molecular weight is 513 g/mol. The van der Waals surface area contributed by atoms with Crippen molar-refractivity contribution >= 4 is 51.8 Å². The van der Waals surface area contributed by atoms with Crippen molar-refractivity contribution in [2.75, 3.05) is 18.0 Å². The molecule has 1 fully saturated rings. The van der Waals surface area contributed by atoms with E-state index in [1.807, 2.05) is 19.1 Å². The van der Waals surface area contributed by atoms with Crippen LogP contribution in [0.5, 0.6) is 0 Å². The van der Waals surface area contributed by atoms with Crippen molar-refractivity contribution in [3.63, 3.8) is 0 Å². The number of hydrogen-bond donors (Lipinski definition) is 1. The number of anilines is 1. The van der Waals surface area contributed by atoms with E-state index in [-0.39, 0.29) is 11.2 Å². The third-order valence-corrected chi connectivity index (χ3v) is 7.22. The van der Waals surface area contributed by atoms with E-state index in [0.29, 0.717) is 32.7 Å². The van der Waals surface area contributed by atoms with E-state index >= 15 is 0 Å². The van der Waals surface area contributed by atoms with Gasteiger partial charge in [0.1, 0.15) is 0 Å². The number of halogens is 2. The monoisotopic (exact) mass is 512 g/mol. The topological polar surface area (TPSA) is 80.3 Å². The third-order valence-electron chi connectivity index (χ3n) is 6.66. The molecule has 4 aromatic rings. The van der Waals surface area contributed by atoms with Crippen molar-refractivity contribution in [2.24, 2.45) is 19.1 Å². The Labute approximate surface area is 212 Å². The lowest BCUT2D eigenvalue weighted by atomic mass is 10.1. The van der Waals surface area contributed by atoms with Crippen molar-refractivity contribution in [2.45, 2.75) is 26.2 Å². The first-order valence-corrected chi connectivity index (χ1v) is 12.3. The highest BCUT2D eigenvalue weighted by Crippen LogP contribution is 2.35. The molecule has 1 aliphatic heterocycles. The fourth-order valence-electron chi connectivity index (χ4n) is 4.69. The smallest absolute Gasteiger partial charge is 0.328 e. The van der Waals surface area contributed by atoms with Crippen LogP contribution in [0.3, 0.4) is 0 Å². The number of imidazole rings is 1. The van der Waals surface area contributed by atoms with Crippen molar-refractivity contribution in [3.05, 3.63) is 72.5 Å². The molecule has 0 aliphatic carbocycles. The standard InChI is InChI=1S/C25H26Cl2N6O2/c1-15-17(24(34)33(29-15)20-11-16(26)7-8-18(20)27)14-28-19-12-22-23(31(3)25(35)30(22)2)13-21(19)32-9-5-4-6-10-32/h7-8,11-14,29H,4-6,9-10H2,1-3H3. The fraction of sp³-hybridized carbons (Fsp3) is 0.320. The second-order valence-corrected chi connectivity index (χ2v) is 9.77. The summed E-state index contributed by atoms with van der Waals surface area (Å²) >= 11 is 12.4. The van der Waals surface area contributed by atoms with Gasteiger partial charge in [0.15, 0.2) is 0 Å². The number of hydrogen-bond acceptors (Lipinski definition) is 4. The minimum atomic E-state index is -0.275. The first-order chi connectivity index (χ1) is 16.8. The van der Waals surface area contributed by atoms with Gasteiger partial charge in [0.2, 0.25) is 0 Å². The van der Waals surface area contributed by atoms with Crippen LogP contribution in [0.4, 0.5) is 11.4 Å². The quantitative estimate of drug-likeness (QED) is 0.402. The van der Waals surface area contributed by atoms with E-state index in [1.54, 1.807) is 47.6 Å². The lowest BCUT2D eigenvalue weighted by molar-refractivity contribution is 0.578. The fourth-order valence-corrected chi connectivity index (χ4v) is 5.06. The lowest BCUT2D eigenvalue weighted by Crippen LogP contribution is -2.29. The van der Waals surface area contributed by atoms with Gasteiger partial charge in [-0.1, -0.05) is 23.2 Å². The molecule has 0 saturated carbocycles. The second kappa shape index (κ2) is 9.09. The summed E-state index contributed by atoms with van der Waals surface area (Å²) in [4.78, 5) is 32.9. The molecule has 0 bridgehead atoms. The molecule has 0 atom stereocenters. The Hall–Kier alpha value is -3.23. The maximum Gasteiger partial charge on any atom is 0.328 e. The van der Waals surface area contributed by atoms with E-state index < -0.39 is 0 Å². The molecule has 35 heavy (non-hydrogen) atoms. The Bertz CT molecular complexity index is 1580. The Morgan fingerprint density at radius 1 is 0.943 bits per heavy atom. The van der Waals surface area contributed by atoms with E-state index in [9.17, 15) is 9.59 Å². The molecular formula is C25H26Cl2N6O2. The Morgan fingerprint density at radius 2 is 1.63 bits per heavy atom. The molecule has 1 saturated heterocycles. The highest BCUT2D eigenvalue weighted by Gasteiger charge is 2.19. The number of H-pyrrole nitrogens is 1. The molecule has 2 aromatic carbocycles. The SMILES string of the molecule is Cc1[nH]n(-c2cc(Cl)ccc2Cl)c(=O)c1C=Nc1cc2c(cc1N1CCCCC1)n(C)c(=O)n2C. The molecule has 1 aliphatic rings. The number of aromatic amines is 1. The lowest BCUT2D eigenvalue weighted by Gasteiger charge is -2.30. The average Bonchev–Trinajstić information content (AvgIpc) is 3.26. The van der Waals surface area contributed by atoms with Crippen LogP contribution in [0.1, 0.15) is 30.5 Å². The number of aromatic nitrogens is 4. The number of nitrogens with zero attached hydrogens (tertiary/aromatic N) is 5. The van der Waals surface area contributed by atoms with Gasteiger partial charge in [0.25, 0.3) is 5.56 Å². The third kappa shape index (κ3) is 4.10. The van der Waals surface area contributed by atoms with Crippen molar-refractivity contribution < 1.29 is 0 Å². The van der Waals surface area contributed by atoms with Crippen LogP contribution in [0.15, 0.2) is 44.9 Å². The summed E-state index contributed by atoms with van der Waals surface area (Å²) in [5.74, 6) is 0. The number of benzene rings is 2. The number of aliphatic imine (C=N–C) groups is 1.